The second kappa shape index (κ2) is 6.53. The predicted octanol–water partition coefficient (Wildman–Crippen LogP) is 3.67. The Morgan fingerprint density at radius 3 is 2.32 bits per heavy atom. The molecule has 0 radical (unpaired) electrons. The Labute approximate surface area is 117 Å². The highest BCUT2D eigenvalue weighted by Crippen LogP contribution is 2.46. The van der Waals surface area contributed by atoms with E-state index in [0.29, 0.717) is 11.5 Å². The zero-order chi connectivity index (χ0) is 13.7. The van der Waals surface area contributed by atoms with Crippen molar-refractivity contribution in [1.82, 2.24) is 5.43 Å². The molecule has 2 heteroatoms. The highest BCUT2D eigenvalue weighted by Gasteiger charge is 2.40. The summed E-state index contributed by atoms with van der Waals surface area (Å²) in [5, 5.41) is 0. The Bertz CT molecular complexity index is 366. The maximum Gasteiger partial charge on any atom is 0.0307 e. The lowest BCUT2D eigenvalue weighted by Crippen LogP contribution is -2.49. The molecule has 1 saturated carbocycles. The zero-order valence-electron chi connectivity index (χ0n) is 12.4. The van der Waals surface area contributed by atoms with Gasteiger partial charge in [0.2, 0.25) is 0 Å². The summed E-state index contributed by atoms with van der Waals surface area (Å²) in [7, 11) is 0. The van der Waals surface area contributed by atoms with Gasteiger partial charge in [0.1, 0.15) is 0 Å². The molecular formula is C17H28N2. The average molecular weight is 260 g/mol. The summed E-state index contributed by atoms with van der Waals surface area (Å²) < 4.78 is 0. The van der Waals surface area contributed by atoms with E-state index in [9.17, 15) is 0 Å². The zero-order valence-corrected chi connectivity index (χ0v) is 12.4. The van der Waals surface area contributed by atoms with Crippen LogP contribution in [0, 0.1) is 11.3 Å². The fraction of sp³-hybridized carbons (Fsp3) is 0.647. The Morgan fingerprint density at radius 1 is 1.16 bits per heavy atom. The molecule has 19 heavy (non-hydrogen) atoms. The minimum atomic E-state index is 0.402. The number of nitrogens with one attached hydrogen (secondary N) is 1. The number of nitrogens with two attached hydrogens (primary N) is 1. The fourth-order valence-corrected chi connectivity index (χ4v) is 3.89. The van der Waals surface area contributed by atoms with E-state index >= 15 is 0 Å². The van der Waals surface area contributed by atoms with Gasteiger partial charge >= 0.3 is 0 Å². The minimum Gasteiger partial charge on any atom is -0.271 e. The Kier molecular flexibility index (Phi) is 5.00. The molecule has 2 rings (SSSR count). The summed E-state index contributed by atoms with van der Waals surface area (Å²) in [4.78, 5) is 0. The van der Waals surface area contributed by atoms with Crippen molar-refractivity contribution in [3.8, 4) is 0 Å². The van der Waals surface area contributed by atoms with E-state index in [1.165, 1.54) is 37.7 Å². The molecule has 0 amide bonds. The summed E-state index contributed by atoms with van der Waals surface area (Å²) in [6.45, 7) is 4.66. The first-order valence-corrected chi connectivity index (χ1v) is 7.66. The number of hydrazine groups is 1. The van der Waals surface area contributed by atoms with Gasteiger partial charge < -0.3 is 0 Å². The van der Waals surface area contributed by atoms with Crippen LogP contribution in [0.25, 0.3) is 0 Å². The van der Waals surface area contributed by atoms with Crippen LogP contribution in [0.3, 0.4) is 0 Å². The second-order valence-electron chi connectivity index (χ2n) is 6.58. The van der Waals surface area contributed by atoms with E-state index in [1.807, 2.05) is 0 Å². The van der Waals surface area contributed by atoms with Crippen LogP contribution in [0.2, 0.25) is 0 Å². The molecular weight excluding hydrogens is 232 g/mol. The molecule has 2 nitrogen and oxygen atoms in total. The fourth-order valence-electron chi connectivity index (χ4n) is 3.89. The van der Waals surface area contributed by atoms with E-state index in [0.717, 1.165) is 12.3 Å². The summed E-state index contributed by atoms with van der Waals surface area (Å²) in [5.74, 6) is 6.65. The normalized spacial score (nSPS) is 19.8. The highest BCUT2D eigenvalue weighted by molar-refractivity contribution is 5.17. The lowest BCUT2D eigenvalue weighted by atomic mass is 9.71. The van der Waals surface area contributed by atoms with E-state index in [4.69, 9.17) is 5.84 Å². The van der Waals surface area contributed by atoms with Gasteiger partial charge in [-0.1, -0.05) is 57.0 Å². The quantitative estimate of drug-likeness (QED) is 0.605. The molecule has 1 aliphatic carbocycles. The molecule has 0 aliphatic heterocycles. The SMILES string of the molecule is CC(C)CC1(C(Cc2ccccc2)NN)CCCC1. The first kappa shape index (κ1) is 14.5. The minimum absolute atomic E-state index is 0.402. The Hall–Kier alpha value is -0.860. The average Bonchev–Trinajstić information content (AvgIpc) is 2.85. The van der Waals surface area contributed by atoms with Gasteiger partial charge in [0, 0.05) is 6.04 Å². The molecule has 1 aliphatic rings. The van der Waals surface area contributed by atoms with Crippen molar-refractivity contribution >= 4 is 0 Å². The van der Waals surface area contributed by atoms with Crippen LogP contribution < -0.4 is 11.3 Å². The van der Waals surface area contributed by atoms with Crippen LogP contribution in [0.1, 0.15) is 51.5 Å². The van der Waals surface area contributed by atoms with Gasteiger partial charge in [-0.15, -0.1) is 0 Å². The monoisotopic (exact) mass is 260 g/mol. The molecule has 3 N–H and O–H groups in total. The van der Waals surface area contributed by atoms with Gasteiger partial charge in [0.05, 0.1) is 0 Å². The molecule has 0 saturated heterocycles. The molecule has 1 aromatic rings. The standard InChI is InChI=1S/C17H28N2/c1-14(2)13-17(10-6-7-11-17)16(19-18)12-15-8-4-3-5-9-15/h3-5,8-9,14,16,19H,6-7,10-13,18H2,1-2H3. The number of rotatable bonds is 6. The first-order chi connectivity index (χ1) is 9.16. The van der Waals surface area contributed by atoms with Gasteiger partial charge in [-0.3, -0.25) is 11.3 Å². The lowest BCUT2D eigenvalue weighted by Gasteiger charge is -2.39. The third-order valence-electron chi connectivity index (χ3n) is 4.64. The smallest absolute Gasteiger partial charge is 0.0307 e. The van der Waals surface area contributed by atoms with Crippen molar-refractivity contribution in [2.24, 2.45) is 17.2 Å². The second-order valence-corrected chi connectivity index (χ2v) is 6.58. The maximum absolute atomic E-state index is 5.91. The number of hydrogen-bond acceptors (Lipinski definition) is 2. The van der Waals surface area contributed by atoms with Crippen molar-refractivity contribution in [3.63, 3.8) is 0 Å². The number of benzene rings is 1. The van der Waals surface area contributed by atoms with Crippen LogP contribution in [0.4, 0.5) is 0 Å². The number of hydrogen-bond donors (Lipinski definition) is 2. The first-order valence-electron chi connectivity index (χ1n) is 7.66. The van der Waals surface area contributed by atoms with Crippen LogP contribution in [0.5, 0.6) is 0 Å². The van der Waals surface area contributed by atoms with Crippen molar-refractivity contribution in [3.05, 3.63) is 35.9 Å². The molecule has 0 aromatic heterocycles. The van der Waals surface area contributed by atoms with Crippen molar-refractivity contribution in [1.29, 1.82) is 0 Å². The molecule has 1 unspecified atom stereocenters. The molecule has 106 valence electrons. The van der Waals surface area contributed by atoms with Gasteiger partial charge in [-0.05, 0) is 42.6 Å². The Morgan fingerprint density at radius 2 is 1.79 bits per heavy atom. The third kappa shape index (κ3) is 3.58. The molecule has 1 fully saturated rings. The third-order valence-corrected chi connectivity index (χ3v) is 4.64. The van der Waals surface area contributed by atoms with Crippen molar-refractivity contribution in [2.45, 2.75) is 58.4 Å². The Balaban J connectivity index is 2.13. The summed E-state index contributed by atoms with van der Waals surface area (Å²) >= 11 is 0. The van der Waals surface area contributed by atoms with E-state index < -0.39 is 0 Å². The van der Waals surface area contributed by atoms with Crippen LogP contribution in [-0.2, 0) is 6.42 Å². The lowest BCUT2D eigenvalue weighted by molar-refractivity contribution is 0.154. The summed E-state index contributed by atoms with van der Waals surface area (Å²) in [6, 6.07) is 11.1. The highest BCUT2D eigenvalue weighted by atomic mass is 15.2. The van der Waals surface area contributed by atoms with Gasteiger partial charge in [0.15, 0.2) is 0 Å². The molecule has 0 heterocycles. The van der Waals surface area contributed by atoms with E-state index in [-0.39, 0.29) is 0 Å². The molecule has 0 bridgehead atoms. The van der Waals surface area contributed by atoms with Gasteiger partial charge in [0.25, 0.3) is 0 Å². The summed E-state index contributed by atoms with van der Waals surface area (Å²) in [5.41, 5.74) is 4.93. The van der Waals surface area contributed by atoms with E-state index in [2.05, 4.69) is 49.6 Å². The van der Waals surface area contributed by atoms with E-state index in [1.54, 1.807) is 0 Å². The summed E-state index contributed by atoms with van der Waals surface area (Å²) in [6.07, 6.45) is 7.71. The predicted molar refractivity (Wildman–Crippen MR) is 81.6 cm³/mol. The largest absolute Gasteiger partial charge is 0.271 e. The van der Waals surface area contributed by atoms with Crippen LogP contribution >= 0.6 is 0 Å². The molecule has 1 aromatic carbocycles. The maximum atomic E-state index is 5.91. The molecule has 1 atom stereocenters. The topological polar surface area (TPSA) is 38.0 Å². The van der Waals surface area contributed by atoms with Crippen LogP contribution in [-0.4, -0.2) is 6.04 Å². The molecule has 0 spiro atoms. The van der Waals surface area contributed by atoms with Gasteiger partial charge in [-0.2, -0.15) is 0 Å². The van der Waals surface area contributed by atoms with Gasteiger partial charge in [-0.25, -0.2) is 0 Å². The van der Waals surface area contributed by atoms with Crippen LogP contribution in [0.15, 0.2) is 30.3 Å². The van der Waals surface area contributed by atoms with Crippen molar-refractivity contribution in [2.75, 3.05) is 0 Å². The van der Waals surface area contributed by atoms with Crippen molar-refractivity contribution < 1.29 is 0 Å².